The second-order valence-electron chi connectivity index (χ2n) is 5.64. The van der Waals surface area contributed by atoms with Crippen LogP contribution in [-0.2, 0) is 16.0 Å². The molecule has 0 saturated carbocycles. The van der Waals surface area contributed by atoms with E-state index in [1.54, 1.807) is 11.8 Å². The predicted octanol–water partition coefficient (Wildman–Crippen LogP) is 2.45. The van der Waals surface area contributed by atoms with Gasteiger partial charge in [0.2, 0.25) is 5.91 Å². The van der Waals surface area contributed by atoms with Crippen molar-refractivity contribution in [1.82, 2.24) is 0 Å². The van der Waals surface area contributed by atoms with Gasteiger partial charge in [0.05, 0.1) is 0 Å². The lowest BCUT2D eigenvalue weighted by molar-refractivity contribution is -0.117. The van der Waals surface area contributed by atoms with Gasteiger partial charge in [-0.05, 0) is 36.1 Å². The number of benzene rings is 1. The molecule has 1 aliphatic heterocycles. The standard InChI is InChI=1S/C16H17NO3S/c1-10(18)21-9-11-6-16(20)17(8-11)13-3-4-14-12(7-13)2-5-15(14)19/h3-4,7,11H,2,5-6,8-9H2,1H3. The number of carbonyl (C=O) groups excluding carboxylic acids is 3. The van der Waals surface area contributed by atoms with Gasteiger partial charge >= 0.3 is 0 Å². The maximum absolute atomic E-state index is 12.2. The molecule has 4 nitrogen and oxygen atoms in total. The Morgan fingerprint density at radius 1 is 1.33 bits per heavy atom. The van der Waals surface area contributed by atoms with Gasteiger partial charge in [-0.1, -0.05) is 11.8 Å². The number of thioether (sulfide) groups is 1. The first-order valence-electron chi connectivity index (χ1n) is 7.14. The quantitative estimate of drug-likeness (QED) is 0.860. The lowest BCUT2D eigenvalue weighted by Crippen LogP contribution is -2.24. The van der Waals surface area contributed by atoms with Crippen molar-refractivity contribution in [1.29, 1.82) is 0 Å². The fourth-order valence-corrected chi connectivity index (χ4v) is 3.68. The van der Waals surface area contributed by atoms with Crippen molar-refractivity contribution < 1.29 is 14.4 Å². The number of anilines is 1. The molecule has 1 unspecified atom stereocenters. The van der Waals surface area contributed by atoms with Crippen LogP contribution < -0.4 is 4.90 Å². The molecule has 0 N–H and O–H groups in total. The summed E-state index contributed by atoms with van der Waals surface area (Å²) in [6.07, 6.45) is 1.84. The normalized spacial score (nSPS) is 21.0. The summed E-state index contributed by atoms with van der Waals surface area (Å²) in [5.41, 5.74) is 2.73. The van der Waals surface area contributed by atoms with Crippen molar-refractivity contribution in [3.63, 3.8) is 0 Å². The van der Waals surface area contributed by atoms with E-state index in [4.69, 9.17) is 0 Å². The maximum Gasteiger partial charge on any atom is 0.227 e. The van der Waals surface area contributed by atoms with E-state index in [1.165, 1.54) is 11.8 Å². The van der Waals surface area contributed by atoms with Crippen LogP contribution in [-0.4, -0.2) is 29.1 Å². The average molecular weight is 303 g/mol. The summed E-state index contributed by atoms with van der Waals surface area (Å²) in [5.74, 6) is 1.22. The second kappa shape index (κ2) is 5.64. The Morgan fingerprint density at radius 2 is 2.14 bits per heavy atom. The molecule has 21 heavy (non-hydrogen) atoms. The summed E-state index contributed by atoms with van der Waals surface area (Å²) >= 11 is 1.29. The third-order valence-electron chi connectivity index (χ3n) is 4.05. The summed E-state index contributed by atoms with van der Waals surface area (Å²) in [6.45, 7) is 2.21. The molecule has 1 aliphatic carbocycles. The second-order valence-corrected chi connectivity index (χ2v) is 6.84. The first kappa shape index (κ1) is 14.3. The number of nitrogens with zero attached hydrogens (tertiary/aromatic N) is 1. The Kier molecular flexibility index (Phi) is 3.85. The van der Waals surface area contributed by atoms with E-state index >= 15 is 0 Å². The van der Waals surface area contributed by atoms with Crippen molar-refractivity contribution in [2.24, 2.45) is 5.92 Å². The monoisotopic (exact) mass is 303 g/mol. The molecule has 1 fully saturated rings. The molecule has 2 aliphatic rings. The van der Waals surface area contributed by atoms with E-state index in [9.17, 15) is 14.4 Å². The fourth-order valence-electron chi connectivity index (χ4n) is 2.99. The third kappa shape index (κ3) is 2.88. The van der Waals surface area contributed by atoms with Gasteiger partial charge in [0.25, 0.3) is 0 Å². The molecule has 1 atom stereocenters. The molecule has 1 heterocycles. The molecule has 3 rings (SSSR count). The summed E-state index contributed by atoms with van der Waals surface area (Å²) < 4.78 is 0. The van der Waals surface area contributed by atoms with Crippen LogP contribution in [0, 0.1) is 5.92 Å². The van der Waals surface area contributed by atoms with E-state index in [-0.39, 0.29) is 22.7 Å². The molecule has 1 aromatic rings. The topological polar surface area (TPSA) is 54.5 Å². The number of Topliss-reactive ketones (excluding diaryl/α,β-unsaturated/α-hetero) is 1. The lowest BCUT2D eigenvalue weighted by Gasteiger charge is -2.17. The van der Waals surface area contributed by atoms with Gasteiger partial charge in [-0.15, -0.1) is 0 Å². The summed E-state index contributed by atoms with van der Waals surface area (Å²) in [6, 6.07) is 5.67. The van der Waals surface area contributed by atoms with Crippen LogP contribution in [0.5, 0.6) is 0 Å². The van der Waals surface area contributed by atoms with Gasteiger partial charge in [-0.3, -0.25) is 14.4 Å². The van der Waals surface area contributed by atoms with Crippen molar-refractivity contribution in [3.05, 3.63) is 29.3 Å². The molecule has 0 aromatic heterocycles. The van der Waals surface area contributed by atoms with Gasteiger partial charge in [0.1, 0.15) is 0 Å². The molecular formula is C16H17NO3S. The highest BCUT2D eigenvalue weighted by molar-refractivity contribution is 8.13. The predicted molar refractivity (Wildman–Crippen MR) is 82.7 cm³/mol. The Balaban J connectivity index is 1.74. The van der Waals surface area contributed by atoms with Gasteiger partial charge in [0, 0.05) is 43.3 Å². The first-order chi connectivity index (χ1) is 10.0. The molecule has 110 valence electrons. The lowest BCUT2D eigenvalue weighted by atomic mass is 10.1. The Bertz CT molecular complexity index is 626. The summed E-state index contributed by atoms with van der Waals surface area (Å²) in [5, 5.41) is 0.0944. The first-order valence-corrected chi connectivity index (χ1v) is 8.13. The largest absolute Gasteiger partial charge is 0.312 e. The van der Waals surface area contributed by atoms with Crippen molar-refractivity contribution in [3.8, 4) is 0 Å². The number of aryl methyl sites for hydroxylation is 1. The van der Waals surface area contributed by atoms with Gasteiger partial charge < -0.3 is 4.90 Å². The highest BCUT2D eigenvalue weighted by atomic mass is 32.2. The number of hydrogen-bond donors (Lipinski definition) is 0. The van der Waals surface area contributed by atoms with Crippen LogP contribution in [0.15, 0.2) is 18.2 Å². The number of carbonyl (C=O) groups is 3. The Morgan fingerprint density at radius 3 is 2.90 bits per heavy atom. The number of amides is 1. The van der Waals surface area contributed by atoms with Crippen LogP contribution in [0.2, 0.25) is 0 Å². The highest BCUT2D eigenvalue weighted by Gasteiger charge is 2.31. The van der Waals surface area contributed by atoms with Crippen LogP contribution in [0.3, 0.4) is 0 Å². The molecule has 1 saturated heterocycles. The van der Waals surface area contributed by atoms with Crippen molar-refractivity contribution in [2.45, 2.75) is 26.2 Å². The zero-order valence-corrected chi connectivity index (χ0v) is 12.7. The van der Waals surface area contributed by atoms with Crippen LogP contribution >= 0.6 is 11.8 Å². The van der Waals surface area contributed by atoms with Crippen LogP contribution in [0.1, 0.15) is 35.7 Å². The fraction of sp³-hybridized carbons (Fsp3) is 0.438. The molecule has 0 radical (unpaired) electrons. The van der Waals surface area contributed by atoms with Gasteiger partial charge in [-0.25, -0.2) is 0 Å². The zero-order chi connectivity index (χ0) is 15.0. The van der Waals surface area contributed by atoms with E-state index in [0.29, 0.717) is 25.1 Å². The molecule has 5 heteroatoms. The van der Waals surface area contributed by atoms with Crippen LogP contribution in [0.4, 0.5) is 5.69 Å². The van der Waals surface area contributed by atoms with Crippen molar-refractivity contribution >= 4 is 34.3 Å². The smallest absolute Gasteiger partial charge is 0.227 e. The highest BCUT2D eigenvalue weighted by Crippen LogP contribution is 2.31. The van der Waals surface area contributed by atoms with E-state index in [2.05, 4.69) is 0 Å². The average Bonchev–Trinajstić information content (AvgIpc) is 3.00. The number of hydrogen-bond acceptors (Lipinski definition) is 4. The number of ketones is 1. The maximum atomic E-state index is 12.2. The van der Waals surface area contributed by atoms with Crippen molar-refractivity contribution in [2.75, 3.05) is 17.2 Å². The summed E-state index contributed by atoms with van der Waals surface area (Å²) in [7, 11) is 0. The van der Waals surface area contributed by atoms with E-state index in [0.717, 1.165) is 23.2 Å². The molecule has 0 bridgehead atoms. The minimum Gasteiger partial charge on any atom is -0.312 e. The number of fused-ring (bicyclic) bond motifs is 1. The number of rotatable bonds is 3. The minimum absolute atomic E-state index is 0.0944. The van der Waals surface area contributed by atoms with Gasteiger partial charge in [0.15, 0.2) is 10.9 Å². The third-order valence-corrected chi connectivity index (χ3v) is 5.09. The van der Waals surface area contributed by atoms with Crippen LogP contribution in [0.25, 0.3) is 0 Å². The van der Waals surface area contributed by atoms with E-state index in [1.807, 2.05) is 18.2 Å². The Hall–Kier alpha value is -1.62. The molecular weight excluding hydrogens is 286 g/mol. The minimum atomic E-state index is 0.0944. The molecule has 1 aromatic carbocycles. The molecule has 0 spiro atoms. The molecule has 1 amide bonds. The zero-order valence-electron chi connectivity index (χ0n) is 11.9. The van der Waals surface area contributed by atoms with E-state index < -0.39 is 0 Å². The van der Waals surface area contributed by atoms with Gasteiger partial charge in [-0.2, -0.15) is 0 Å². The SMILES string of the molecule is CC(=O)SCC1CC(=O)N(c2ccc3c(c2)CCC3=O)C1. The Labute approximate surface area is 127 Å². The summed E-state index contributed by atoms with van der Waals surface area (Å²) in [4.78, 5) is 36.6.